The third-order valence-corrected chi connectivity index (χ3v) is 3.45. The van der Waals surface area contributed by atoms with Gasteiger partial charge in [-0.25, -0.2) is 0 Å². The Labute approximate surface area is 123 Å². The van der Waals surface area contributed by atoms with Crippen molar-refractivity contribution in [1.29, 1.82) is 0 Å². The van der Waals surface area contributed by atoms with Gasteiger partial charge in [0.2, 0.25) is 0 Å². The van der Waals surface area contributed by atoms with Crippen LogP contribution < -0.4 is 5.32 Å². The number of hydrogen-bond acceptors (Lipinski definition) is 3. The molecule has 0 spiro atoms. The van der Waals surface area contributed by atoms with E-state index in [1.165, 1.54) is 0 Å². The third kappa shape index (κ3) is 4.05. The number of benzene rings is 2. The summed E-state index contributed by atoms with van der Waals surface area (Å²) in [5, 5.41) is 22.9. The Bertz CT molecular complexity index is 560. The van der Waals surface area contributed by atoms with Gasteiger partial charge in [-0.2, -0.15) is 0 Å². The Morgan fingerprint density at radius 3 is 2.55 bits per heavy atom. The highest BCUT2D eigenvalue weighted by atomic mass is 35.5. The lowest BCUT2D eigenvalue weighted by Gasteiger charge is -2.14. The van der Waals surface area contributed by atoms with Gasteiger partial charge in [-0.15, -0.1) is 0 Å². The molecule has 2 aromatic rings. The molecule has 0 aromatic heterocycles. The molecule has 0 saturated carbocycles. The highest BCUT2D eigenvalue weighted by molar-refractivity contribution is 6.31. The predicted octanol–water partition coefficient (Wildman–Crippen LogP) is 2.66. The van der Waals surface area contributed by atoms with Crippen molar-refractivity contribution in [3.63, 3.8) is 0 Å². The van der Waals surface area contributed by atoms with E-state index in [0.717, 1.165) is 16.7 Å². The second kappa shape index (κ2) is 7.41. The van der Waals surface area contributed by atoms with Gasteiger partial charge < -0.3 is 15.5 Å². The first-order chi connectivity index (χ1) is 9.70. The van der Waals surface area contributed by atoms with Crippen molar-refractivity contribution >= 4 is 11.6 Å². The Kier molecular flexibility index (Phi) is 5.56. The van der Waals surface area contributed by atoms with Crippen LogP contribution in [0.2, 0.25) is 5.02 Å². The quantitative estimate of drug-likeness (QED) is 0.767. The van der Waals surface area contributed by atoms with Crippen molar-refractivity contribution in [2.45, 2.75) is 19.3 Å². The topological polar surface area (TPSA) is 52.5 Å². The zero-order valence-electron chi connectivity index (χ0n) is 11.1. The second-order valence-corrected chi connectivity index (χ2v) is 5.05. The zero-order chi connectivity index (χ0) is 14.4. The molecule has 20 heavy (non-hydrogen) atoms. The summed E-state index contributed by atoms with van der Waals surface area (Å²) < 4.78 is 0. The molecular weight excluding hydrogens is 274 g/mol. The Balaban J connectivity index is 1.88. The van der Waals surface area contributed by atoms with Crippen molar-refractivity contribution in [1.82, 2.24) is 5.32 Å². The lowest BCUT2D eigenvalue weighted by atomic mass is 10.1. The maximum absolute atomic E-state index is 10.1. The molecule has 0 aliphatic heterocycles. The van der Waals surface area contributed by atoms with Crippen molar-refractivity contribution in [3.05, 3.63) is 70.2 Å². The number of rotatable bonds is 6. The van der Waals surface area contributed by atoms with E-state index >= 15 is 0 Å². The largest absolute Gasteiger partial charge is 0.392 e. The van der Waals surface area contributed by atoms with E-state index in [9.17, 15) is 5.11 Å². The molecule has 0 saturated heterocycles. The lowest BCUT2D eigenvalue weighted by Crippen LogP contribution is -2.21. The molecule has 0 aliphatic rings. The normalized spacial score (nSPS) is 12.3. The van der Waals surface area contributed by atoms with Crippen LogP contribution in [0, 0.1) is 0 Å². The molecule has 3 nitrogen and oxygen atoms in total. The van der Waals surface area contributed by atoms with Crippen LogP contribution in [-0.4, -0.2) is 16.8 Å². The first-order valence-electron chi connectivity index (χ1n) is 6.52. The van der Waals surface area contributed by atoms with Crippen LogP contribution in [0.15, 0.2) is 48.5 Å². The van der Waals surface area contributed by atoms with Crippen LogP contribution in [0.5, 0.6) is 0 Å². The van der Waals surface area contributed by atoms with Gasteiger partial charge in [-0.3, -0.25) is 0 Å². The Morgan fingerprint density at radius 2 is 1.80 bits per heavy atom. The van der Waals surface area contributed by atoms with Gasteiger partial charge in [0.1, 0.15) is 0 Å². The average Bonchev–Trinajstić information content (AvgIpc) is 2.48. The van der Waals surface area contributed by atoms with E-state index in [1.807, 2.05) is 42.5 Å². The van der Waals surface area contributed by atoms with Crippen LogP contribution in [0.3, 0.4) is 0 Å². The van der Waals surface area contributed by atoms with Gasteiger partial charge in [0, 0.05) is 23.7 Å². The van der Waals surface area contributed by atoms with Crippen LogP contribution in [0.4, 0.5) is 0 Å². The van der Waals surface area contributed by atoms with Crippen LogP contribution >= 0.6 is 11.6 Å². The van der Waals surface area contributed by atoms with Crippen LogP contribution in [0.1, 0.15) is 22.8 Å². The maximum atomic E-state index is 10.1. The smallest absolute Gasteiger partial charge is 0.0928 e. The zero-order valence-corrected chi connectivity index (χ0v) is 11.8. The second-order valence-electron chi connectivity index (χ2n) is 4.65. The van der Waals surface area contributed by atoms with E-state index < -0.39 is 6.10 Å². The fourth-order valence-electron chi connectivity index (χ4n) is 2.05. The first-order valence-corrected chi connectivity index (χ1v) is 6.90. The lowest BCUT2D eigenvalue weighted by molar-refractivity contribution is 0.174. The summed E-state index contributed by atoms with van der Waals surface area (Å²) in [7, 11) is 0. The van der Waals surface area contributed by atoms with E-state index in [-0.39, 0.29) is 6.61 Å². The SMILES string of the molecule is OCc1cccc(CNCC(O)c2ccccc2Cl)c1. The van der Waals surface area contributed by atoms with Crippen molar-refractivity contribution in [2.75, 3.05) is 6.54 Å². The highest BCUT2D eigenvalue weighted by Crippen LogP contribution is 2.21. The molecule has 0 heterocycles. The summed E-state index contributed by atoms with van der Waals surface area (Å²) in [6.45, 7) is 1.10. The van der Waals surface area contributed by atoms with Gasteiger partial charge in [0.15, 0.2) is 0 Å². The summed E-state index contributed by atoms with van der Waals surface area (Å²) in [6, 6.07) is 15.0. The van der Waals surface area contributed by atoms with Crippen molar-refractivity contribution < 1.29 is 10.2 Å². The summed E-state index contributed by atoms with van der Waals surface area (Å²) in [4.78, 5) is 0. The molecule has 106 valence electrons. The molecule has 2 aromatic carbocycles. The van der Waals surface area contributed by atoms with Crippen LogP contribution in [-0.2, 0) is 13.2 Å². The Morgan fingerprint density at radius 1 is 1.05 bits per heavy atom. The highest BCUT2D eigenvalue weighted by Gasteiger charge is 2.10. The summed E-state index contributed by atoms with van der Waals surface area (Å²) in [5.74, 6) is 0. The van der Waals surface area contributed by atoms with Crippen LogP contribution in [0.25, 0.3) is 0 Å². The fraction of sp³-hybridized carbons (Fsp3) is 0.250. The van der Waals surface area contributed by atoms with Crippen molar-refractivity contribution in [2.24, 2.45) is 0 Å². The van der Waals surface area contributed by atoms with Gasteiger partial charge in [-0.05, 0) is 17.2 Å². The first kappa shape index (κ1) is 15.0. The molecule has 2 rings (SSSR count). The number of nitrogens with one attached hydrogen (secondary N) is 1. The molecular formula is C16H18ClNO2. The van der Waals surface area contributed by atoms with E-state index in [2.05, 4.69) is 5.32 Å². The van der Waals surface area contributed by atoms with Gasteiger partial charge in [0.05, 0.1) is 12.7 Å². The summed E-state index contributed by atoms with van der Waals surface area (Å²) >= 11 is 6.04. The predicted molar refractivity (Wildman–Crippen MR) is 80.5 cm³/mol. The molecule has 1 atom stereocenters. The van der Waals surface area contributed by atoms with Crippen molar-refractivity contribution in [3.8, 4) is 0 Å². The minimum Gasteiger partial charge on any atom is -0.392 e. The summed E-state index contributed by atoms with van der Waals surface area (Å²) in [6.07, 6.45) is -0.635. The standard InChI is InChI=1S/C16H18ClNO2/c17-15-7-2-1-6-14(15)16(20)10-18-9-12-4-3-5-13(8-12)11-19/h1-8,16,18-20H,9-11H2. The average molecular weight is 292 g/mol. The Hall–Kier alpha value is -1.39. The molecule has 3 N–H and O–H groups in total. The van der Waals surface area contributed by atoms with E-state index in [0.29, 0.717) is 18.1 Å². The minimum atomic E-state index is -0.635. The molecule has 4 heteroatoms. The number of halogens is 1. The number of aliphatic hydroxyl groups is 2. The summed E-state index contributed by atoms with van der Waals surface area (Å²) in [5.41, 5.74) is 2.68. The molecule has 0 radical (unpaired) electrons. The fourth-order valence-corrected chi connectivity index (χ4v) is 2.31. The number of aliphatic hydroxyl groups excluding tert-OH is 2. The molecule has 0 fully saturated rings. The minimum absolute atomic E-state index is 0.0378. The van der Waals surface area contributed by atoms with Gasteiger partial charge in [0.25, 0.3) is 0 Å². The molecule has 0 amide bonds. The van der Waals surface area contributed by atoms with Gasteiger partial charge in [-0.1, -0.05) is 54.1 Å². The maximum Gasteiger partial charge on any atom is 0.0928 e. The molecule has 0 aliphatic carbocycles. The number of hydrogen-bond donors (Lipinski definition) is 3. The third-order valence-electron chi connectivity index (χ3n) is 3.10. The van der Waals surface area contributed by atoms with E-state index in [4.69, 9.17) is 16.7 Å². The molecule has 0 bridgehead atoms. The van der Waals surface area contributed by atoms with Gasteiger partial charge >= 0.3 is 0 Å². The monoisotopic (exact) mass is 291 g/mol. The van der Waals surface area contributed by atoms with E-state index in [1.54, 1.807) is 6.07 Å². The molecule has 1 unspecified atom stereocenters.